The molecule has 0 saturated carbocycles. The van der Waals surface area contributed by atoms with Crippen LogP contribution in [0.2, 0.25) is 0 Å². The molecule has 0 heterocycles. The molecule has 0 aromatic rings. The first-order valence-corrected chi connectivity index (χ1v) is 8.84. The van der Waals surface area contributed by atoms with Gasteiger partial charge < -0.3 is 70.3 Å². The Kier molecular flexibility index (Phi) is 21.8. The van der Waals surface area contributed by atoms with Crippen LogP contribution in [0.4, 0.5) is 0 Å². The first-order chi connectivity index (χ1) is 11.2. The molecule has 9 nitrogen and oxygen atoms in total. The number of hydrogen-bond donors (Lipinski definition) is 6. The zero-order valence-corrected chi connectivity index (χ0v) is 21.0. The zero-order valence-electron chi connectivity index (χ0n) is 14.6. The maximum atomic E-state index is 11.3. The number of thioether (sulfide) groups is 1. The molecule has 0 radical (unpaired) electrons. The second-order valence-corrected chi connectivity index (χ2v) is 6.98. The minimum Gasteiger partial charge on any atom is -0.548 e. The molecule has 142 valence electrons. The Balaban J connectivity index is -0.00000264. The summed E-state index contributed by atoms with van der Waals surface area (Å²) in [5.74, 6) is -1.45. The van der Waals surface area contributed by atoms with Gasteiger partial charge in [-0.05, 0) is 12.2 Å². The summed E-state index contributed by atoms with van der Waals surface area (Å²) in [5.41, 5.74) is 0. The van der Waals surface area contributed by atoms with Crippen LogP contribution < -0.4 is 64.2 Å². The SMILES string of the molecule is O=C([O-])C(CCSCO)N(CC(O)C(O)C(O)C(O)CO)C(=S)[S-].[Na+].[Na+]. The number of thiocarbonyl (C=S) groups is 1. The fourth-order valence-corrected chi connectivity index (χ4v) is 2.78. The van der Waals surface area contributed by atoms with E-state index in [1.165, 1.54) is 0 Å². The van der Waals surface area contributed by atoms with Crippen molar-refractivity contribution in [1.29, 1.82) is 0 Å². The second-order valence-electron chi connectivity index (χ2n) is 4.88. The van der Waals surface area contributed by atoms with E-state index in [9.17, 15) is 30.3 Å². The fraction of sp³-hybridized carbons (Fsp3) is 0.833. The standard InChI is InChI=1S/C12H23NO8S3.2Na/c14-4-8(17)10(19)9(18)7(16)3-13(12(22)23)6(11(20)21)1-2-24-5-15;;/h6-10,14-19H,1-5H2,(H,20,21)(H,22,23);;/q;2*+1/p-2. The summed E-state index contributed by atoms with van der Waals surface area (Å²) >= 11 is 10.6. The van der Waals surface area contributed by atoms with E-state index in [1.807, 2.05) is 0 Å². The minimum absolute atomic E-state index is 0. The van der Waals surface area contributed by atoms with Gasteiger partial charge in [-0.15, -0.1) is 11.8 Å². The van der Waals surface area contributed by atoms with Crippen LogP contribution in [-0.2, 0) is 17.4 Å². The van der Waals surface area contributed by atoms with Crippen molar-refractivity contribution < 1.29 is 99.7 Å². The number of aliphatic carboxylic acids is 1. The molecule has 14 heteroatoms. The number of rotatable bonds is 12. The summed E-state index contributed by atoms with van der Waals surface area (Å²) in [5, 5.41) is 67.3. The van der Waals surface area contributed by atoms with Crippen LogP contribution in [0.5, 0.6) is 0 Å². The molecule has 0 rings (SSSR count). The third kappa shape index (κ3) is 11.6. The van der Waals surface area contributed by atoms with Crippen LogP contribution in [-0.4, -0.2) is 101 Å². The molecule has 0 aliphatic rings. The van der Waals surface area contributed by atoms with Crippen molar-refractivity contribution in [3.8, 4) is 0 Å². The predicted molar refractivity (Wildman–Crippen MR) is 90.7 cm³/mol. The summed E-state index contributed by atoms with van der Waals surface area (Å²) in [7, 11) is 0. The second kappa shape index (κ2) is 17.5. The van der Waals surface area contributed by atoms with E-state index in [-0.39, 0.29) is 81.5 Å². The number of carboxylic acid groups (broad SMARTS) is 1. The molecule has 26 heavy (non-hydrogen) atoms. The van der Waals surface area contributed by atoms with Gasteiger partial charge in [0.05, 0.1) is 30.7 Å². The zero-order chi connectivity index (χ0) is 18.9. The van der Waals surface area contributed by atoms with Gasteiger partial charge in [0.15, 0.2) is 0 Å². The third-order valence-electron chi connectivity index (χ3n) is 3.22. The summed E-state index contributed by atoms with van der Waals surface area (Å²) < 4.78 is -0.290. The average Bonchev–Trinajstić information content (AvgIpc) is 2.54. The molecule has 0 aromatic heterocycles. The van der Waals surface area contributed by atoms with Crippen LogP contribution in [0, 0.1) is 0 Å². The molecule has 0 aromatic carbocycles. The monoisotopic (exact) mass is 449 g/mol. The van der Waals surface area contributed by atoms with Crippen molar-refractivity contribution in [2.75, 3.05) is 24.8 Å². The first-order valence-electron chi connectivity index (χ1n) is 6.87. The van der Waals surface area contributed by atoms with Crippen molar-refractivity contribution in [2.24, 2.45) is 0 Å². The number of nitrogens with zero attached hydrogens (tertiary/aromatic N) is 1. The Morgan fingerprint density at radius 2 is 1.62 bits per heavy atom. The molecule has 0 amide bonds. The number of carboxylic acids is 1. The van der Waals surface area contributed by atoms with E-state index in [4.69, 9.17) is 35.1 Å². The van der Waals surface area contributed by atoms with E-state index in [0.29, 0.717) is 0 Å². The molecule has 5 unspecified atom stereocenters. The quantitative estimate of drug-likeness (QED) is 0.0549. The van der Waals surface area contributed by atoms with Crippen molar-refractivity contribution in [3.05, 3.63) is 0 Å². The summed E-state index contributed by atoms with van der Waals surface area (Å²) in [6.07, 6.45) is -7.09. The third-order valence-corrected chi connectivity index (χ3v) is 4.39. The number of aliphatic hydroxyl groups is 6. The van der Waals surface area contributed by atoms with E-state index < -0.39 is 49.6 Å². The molecule has 0 aliphatic heterocycles. The Bertz CT molecular complexity index is 413. The molecule has 0 bridgehead atoms. The van der Waals surface area contributed by atoms with Crippen LogP contribution in [0.3, 0.4) is 0 Å². The van der Waals surface area contributed by atoms with Gasteiger partial charge in [0, 0.05) is 6.54 Å². The van der Waals surface area contributed by atoms with Gasteiger partial charge in [-0.2, -0.15) is 0 Å². The number of carbonyl (C=O) groups is 1. The number of hydrogen-bond acceptors (Lipinski definition) is 11. The Morgan fingerprint density at radius 3 is 2.00 bits per heavy atom. The van der Waals surface area contributed by atoms with Crippen molar-refractivity contribution in [2.45, 2.75) is 36.9 Å². The van der Waals surface area contributed by atoms with E-state index in [1.54, 1.807) is 0 Å². The van der Waals surface area contributed by atoms with Crippen molar-refractivity contribution >= 4 is 46.9 Å². The topological polar surface area (TPSA) is 165 Å². The Labute approximate surface area is 211 Å². The Morgan fingerprint density at radius 1 is 1.12 bits per heavy atom. The van der Waals surface area contributed by atoms with Crippen molar-refractivity contribution in [3.63, 3.8) is 0 Å². The van der Waals surface area contributed by atoms with E-state index in [0.717, 1.165) is 16.7 Å². The normalized spacial score (nSPS) is 16.2. The van der Waals surface area contributed by atoms with Gasteiger partial charge in [-0.3, -0.25) is 0 Å². The summed E-state index contributed by atoms with van der Waals surface area (Å²) in [4.78, 5) is 12.2. The maximum Gasteiger partial charge on any atom is 1.00 e. The smallest absolute Gasteiger partial charge is 0.548 e. The van der Waals surface area contributed by atoms with E-state index >= 15 is 0 Å². The van der Waals surface area contributed by atoms with Gasteiger partial charge in [0.25, 0.3) is 0 Å². The Hall–Kier alpha value is 1.69. The van der Waals surface area contributed by atoms with Gasteiger partial charge in [0.1, 0.15) is 18.3 Å². The van der Waals surface area contributed by atoms with Crippen LogP contribution in [0.1, 0.15) is 6.42 Å². The fourth-order valence-electron chi connectivity index (χ4n) is 1.86. The first kappa shape index (κ1) is 32.4. The molecule has 0 aliphatic carbocycles. The number of carbonyl (C=O) groups excluding carboxylic acids is 1. The summed E-state index contributed by atoms with van der Waals surface area (Å²) in [6, 6.07) is -1.30. The molecule has 0 saturated heterocycles. The molecule has 0 spiro atoms. The molecule has 5 atom stereocenters. The van der Waals surface area contributed by atoms with Crippen LogP contribution in [0.25, 0.3) is 0 Å². The van der Waals surface area contributed by atoms with Gasteiger partial charge >= 0.3 is 59.1 Å². The molecular formula is C12H21NNa2O8S3. The van der Waals surface area contributed by atoms with Crippen LogP contribution >= 0.6 is 24.0 Å². The molecule has 6 N–H and O–H groups in total. The van der Waals surface area contributed by atoms with Gasteiger partial charge in [-0.25, -0.2) is 0 Å². The van der Waals surface area contributed by atoms with Crippen molar-refractivity contribution in [1.82, 2.24) is 4.90 Å². The predicted octanol–water partition coefficient (Wildman–Crippen LogP) is -10.2. The average molecular weight is 449 g/mol. The minimum atomic E-state index is -1.87. The largest absolute Gasteiger partial charge is 1.00 e. The van der Waals surface area contributed by atoms with Crippen LogP contribution in [0.15, 0.2) is 0 Å². The van der Waals surface area contributed by atoms with Gasteiger partial charge in [-0.1, -0.05) is 4.32 Å². The number of aliphatic hydroxyl groups excluding tert-OH is 6. The molecule has 0 fully saturated rings. The maximum absolute atomic E-state index is 11.3. The summed E-state index contributed by atoms with van der Waals surface area (Å²) in [6.45, 7) is -1.37. The van der Waals surface area contributed by atoms with E-state index in [2.05, 4.69) is 0 Å². The van der Waals surface area contributed by atoms with Gasteiger partial charge in [0.2, 0.25) is 0 Å². The molecular weight excluding hydrogens is 428 g/mol.